The maximum atomic E-state index is 11.7. The fourth-order valence-corrected chi connectivity index (χ4v) is 4.00. The van der Waals surface area contributed by atoms with Gasteiger partial charge in [0.2, 0.25) is 5.95 Å². The summed E-state index contributed by atoms with van der Waals surface area (Å²) in [5, 5.41) is 31.9. The van der Waals surface area contributed by atoms with Crippen molar-refractivity contribution in [1.82, 2.24) is 19.5 Å². The smallest absolute Gasteiger partial charge is 0.271 e. The minimum absolute atomic E-state index is 0. The quantitative estimate of drug-likeness (QED) is 0.173. The van der Waals surface area contributed by atoms with Gasteiger partial charge in [-0.1, -0.05) is 0 Å². The fraction of sp³-hybridized carbons (Fsp3) is 0.500. The molecule has 0 amide bonds. The summed E-state index contributed by atoms with van der Waals surface area (Å²) in [7, 11) is -11.4. The highest BCUT2D eigenvalue weighted by Crippen LogP contribution is 2.50. The molecular formula is C10H14AlF4N5O11P2-5. The van der Waals surface area contributed by atoms with Crippen LogP contribution in [0, 0.1) is 0 Å². The molecule has 2 aromatic heterocycles. The van der Waals surface area contributed by atoms with Crippen molar-refractivity contribution < 1.29 is 71.5 Å². The van der Waals surface area contributed by atoms with Gasteiger partial charge in [-0.3, -0.25) is 27.6 Å². The summed E-state index contributed by atoms with van der Waals surface area (Å²) < 4.78 is 35.5. The predicted molar refractivity (Wildman–Crippen MR) is 90.6 cm³/mol. The van der Waals surface area contributed by atoms with E-state index in [0.717, 1.165) is 10.9 Å². The molecule has 4 N–H and O–H groups in total. The average molecular weight is 545 g/mol. The lowest BCUT2D eigenvalue weighted by Crippen LogP contribution is -3.00. The van der Waals surface area contributed by atoms with Crippen LogP contribution in [0.25, 0.3) is 11.2 Å². The second kappa shape index (κ2) is 12.9. The van der Waals surface area contributed by atoms with Gasteiger partial charge in [0.05, 0.1) is 20.8 Å². The van der Waals surface area contributed by atoms with Crippen LogP contribution in [0.3, 0.4) is 0 Å². The van der Waals surface area contributed by atoms with E-state index >= 15 is 0 Å². The summed E-state index contributed by atoms with van der Waals surface area (Å²) in [6, 6.07) is 0. The summed E-state index contributed by atoms with van der Waals surface area (Å²) >= 11 is 0. The molecule has 1 aliphatic rings. The third-order valence-electron chi connectivity index (χ3n) is 3.62. The van der Waals surface area contributed by atoms with E-state index in [1.54, 1.807) is 0 Å². The van der Waals surface area contributed by atoms with E-state index in [4.69, 9.17) is 10.5 Å². The topological polar surface area (TPSA) is 264 Å². The van der Waals surface area contributed by atoms with Gasteiger partial charge in [-0.15, -0.1) is 0 Å². The molecule has 5 atom stereocenters. The van der Waals surface area contributed by atoms with Crippen LogP contribution in [-0.2, 0) is 22.7 Å². The normalized spacial score (nSPS) is 23.7. The Hall–Kier alpha value is -1.46. The average Bonchev–Trinajstić information content (AvgIpc) is 3.06. The first-order chi connectivity index (χ1) is 12.9. The third kappa shape index (κ3) is 8.07. The van der Waals surface area contributed by atoms with Crippen molar-refractivity contribution in [2.75, 3.05) is 12.3 Å². The van der Waals surface area contributed by atoms with Gasteiger partial charge in [-0.25, -0.2) is 9.97 Å². The Morgan fingerprint density at radius 3 is 2.27 bits per heavy atom. The largest absolute Gasteiger partial charge is 1.00 e. The molecule has 16 nitrogen and oxygen atoms in total. The van der Waals surface area contributed by atoms with Crippen molar-refractivity contribution in [2.45, 2.75) is 24.5 Å². The van der Waals surface area contributed by atoms with Crippen molar-refractivity contribution in [1.29, 1.82) is 0 Å². The fourth-order valence-electron chi connectivity index (χ4n) is 2.50. The highest BCUT2D eigenvalue weighted by atomic mass is 31.3. The van der Waals surface area contributed by atoms with Crippen LogP contribution >= 0.6 is 15.6 Å². The van der Waals surface area contributed by atoms with Gasteiger partial charge in [0.25, 0.3) is 7.82 Å². The number of nitrogens with two attached hydrogens (primary N) is 1. The SMILES string of the molecule is F.F.F.Nc1nc([O-])c2ncn([C@@H]3O[C@H](COP(=O)([O-])OP(=O)([O-])[O-])[C@@H](O)[C@H]3O)c2n1.[Al].[F-]. The van der Waals surface area contributed by atoms with Gasteiger partial charge >= 0.3 is 0 Å². The van der Waals surface area contributed by atoms with Crippen molar-refractivity contribution in [2.24, 2.45) is 0 Å². The molecule has 0 spiro atoms. The van der Waals surface area contributed by atoms with Gasteiger partial charge in [-0.2, -0.15) is 4.98 Å². The number of hydrogen-bond donors (Lipinski definition) is 3. The van der Waals surface area contributed by atoms with Crippen molar-refractivity contribution in [3.05, 3.63) is 6.33 Å². The number of aromatic nitrogens is 4. The standard InChI is InChI=1S/C10H15N5O11P2.Al.4FH/c11-10-13-7-4(8(18)14-10)12-2-15(7)9-6(17)5(16)3(25-9)1-24-28(22,23)26-27(19,20)21;;;;;/h2-3,5-6,9,16-17H,1H2,(H,22,23)(H2,19,20,21)(H3,11,13,14,18);;4*1H/p-5/t3-,5-,6-,9-;;;;;/m1...../s1. The Bertz CT molecular complexity index is 1000. The second-order valence-electron chi connectivity index (χ2n) is 5.53. The molecule has 1 saturated heterocycles. The van der Waals surface area contributed by atoms with Crippen LogP contribution in [-0.4, -0.2) is 72.0 Å². The zero-order chi connectivity index (χ0) is 20.9. The summed E-state index contributed by atoms with van der Waals surface area (Å²) in [4.78, 5) is 43.0. The highest BCUT2D eigenvalue weighted by Gasteiger charge is 2.44. The van der Waals surface area contributed by atoms with Crippen LogP contribution in [0.15, 0.2) is 6.33 Å². The van der Waals surface area contributed by atoms with Gasteiger partial charge in [-0.05, 0) is 0 Å². The predicted octanol–water partition coefficient (Wildman–Crippen LogP) is -7.49. The van der Waals surface area contributed by atoms with Gasteiger partial charge < -0.3 is 54.3 Å². The van der Waals surface area contributed by atoms with Gasteiger partial charge in [0.15, 0.2) is 11.9 Å². The monoisotopic (exact) mass is 545 g/mol. The number of nitrogens with zero attached hydrogens (tertiary/aromatic N) is 4. The minimum atomic E-state index is -5.89. The maximum absolute atomic E-state index is 11.7. The summed E-state index contributed by atoms with van der Waals surface area (Å²) in [5.74, 6) is -1.17. The molecule has 23 heteroatoms. The Balaban J connectivity index is -0.00000180. The van der Waals surface area contributed by atoms with Crippen LogP contribution in [0.5, 0.6) is 5.88 Å². The number of halogens is 4. The lowest BCUT2D eigenvalue weighted by molar-refractivity contribution is -0.339. The molecule has 3 rings (SSSR count). The summed E-state index contributed by atoms with van der Waals surface area (Å²) in [6.45, 7) is -0.994. The van der Waals surface area contributed by atoms with Crippen LogP contribution in [0.4, 0.5) is 20.1 Å². The first-order valence-corrected chi connectivity index (χ1v) is 10.2. The van der Waals surface area contributed by atoms with E-state index in [0.29, 0.717) is 0 Å². The number of phosphoric ester groups is 1. The Morgan fingerprint density at radius 2 is 1.73 bits per heavy atom. The lowest BCUT2D eigenvalue weighted by Gasteiger charge is -2.35. The van der Waals surface area contributed by atoms with E-state index in [9.17, 15) is 39.1 Å². The number of imidazole rings is 1. The van der Waals surface area contributed by atoms with E-state index in [-0.39, 0.29) is 53.3 Å². The number of anilines is 1. The number of phosphoric acid groups is 2. The van der Waals surface area contributed by atoms with Crippen LogP contribution < -0.4 is 30.2 Å². The lowest BCUT2D eigenvalue weighted by atomic mass is 10.1. The molecule has 0 aliphatic carbocycles. The summed E-state index contributed by atoms with van der Waals surface area (Å²) in [6.07, 6.45) is -5.20. The zero-order valence-corrected chi connectivity index (χ0v) is 18.5. The molecule has 1 fully saturated rings. The number of aliphatic hydroxyl groups is 2. The molecule has 2 aromatic rings. The third-order valence-corrected chi connectivity index (χ3v) is 5.68. The number of nitrogen functional groups attached to an aromatic ring is 1. The van der Waals surface area contributed by atoms with E-state index < -0.39 is 52.7 Å². The first kappa shape index (κ1) is 36.1. The zero-order valence-electron chi connectivity index (χ0n) is 15.6. The molecule has 0 saturated carbocycles. The number of rotatable bonds is 6. The van der Waals surface area contributed by atoms with Crippen LogP contribution in [0.1, 0.15) is 6.23 Å². The van der Waals surface area contributed by atoms with E-state index in [1.165, 1.54) is 0 Å². The summed E-state index contributed by atoms with van der Waals surface area (Å²) in [5.41, 5.74) is 5.08. The Kier molecular flexibility index (Phi) is 14.1. The molecule has 0 bridgehead atoms. The molecule has 3 radical (unpaired) electrons. The highest BCUT2D eigenvalue weighted by molar-refractivity contribution is 7.58. The minimum Gasteiger partial charge on any atom is -1.00 e. The number of fused-ring (bicyclic) bond motifs is 1. The van der Waals surface area contributed by atoms with Crippen molar-refractivity contribution in [3.63, 3.8) is 0 Å². The number of ether oxygens (including phenoxy) is 1. The first-order valence-electron chi connectivity index (χ1n) is 7.25. The van der Waals surface area contributed by atoms with E-state index in [2.05, 4.69) is 23.8 Å². The number of hydrogen-bond acceptors (Lipinski definition) is 15. The molecule has 1 aliphatic heterocycles. The second-order valence-corrected chi connectivity index (χ2v) is 8.23. The van der Waals surface area contributed by atoms with Crippen molar-refractivity contribution >= 4 is 50.1 Å². The molecule has 33 heavy (non-hydrogen) atoms. The molecule has 191 valence electrons. The van der Waals surface area contributed by atoms with Crippen molar-refractivity contribution in [3.8, 4) is 5.88 Å². The molecule has 0 aromatic carbocycles. The molecule has 3 heterocycles. The Labute approximate surface area is 190 Å². The van der Waals surface area contributed by atoms with Gasteiger partial charge in [0, 0.05) is 23.2 Å². The molecular weight excluding hydrogens is 531 g/mol. The van der Waals surface area contributed by atoms with Gasteiger partial charge in [0.1, 0.15) is 23.8 Å². The van der Waals surface area contributed by atoms with E-state index in [1.807, 2.05) is 0 Å². The van der Waals surface area contributed by atoms with Crippen LogP contribution in [0.2, 0.25) is 0 Å². The maximum Gasteiger partial charge on any atom is 0.271 e. The Morgan fingerprint density at radius 1 is 1.15 bits per heavy atom. The molecule has 1 unspecified atom stereocenters. The number of aliphatic hydroxyl groups excluding tert-OH is 2.